The second kappa shape index (κ2) is 4.35. The summed E-state index contributed by atoms with van der Waals surface area (Å²) in [5.41, 5.74) is -0.906. The molecule has 1 aromatic carbocycles. The van der Waals surface area contributed by atoms with Gasteiger partial charge in [-0.05, 0) is 6.07 Å². The number of nitro groups is 1. The van der Waals surface area contributed by atoms with Crippen LogP contribution >= 0.6 is 15.9 Å². The molecule has 0 saturated heterocycles. The van der Waals surface area contributed by atoms with Crippen molar-refractivity contribution in [2.75, 3.05) is 5.32 Å². The predicted molar refractivity (Wildman–Crippen MR) is 55.1 cm³/mol. The standard InChI is InChI=1S/C8H6BrFN2O3/c1-4(13)11-6-2-5(9)3-7(8(6)10)12(14)15/h2-3H,1H3,(H,11,13). The highest BCUT2D eigenvalue weighted by Crippen LogP contribution is 2.29. The number of nitrogens with zero attached hydrogens (tertiary/aromatic N) is 1. The van der Waals surface area contributed by atoms with Crippen molar-refractivity contribution in [3.63, 3.8) is 0 Å². The van der Waals surface area contributed by atoms with Gasteiger partial charge in [0.05, 0.1) is 10.6 Å². The third-order valence-corrected chi connectivity index (χ3v) is 1.98. The zero-order valence-electron chi connectivity index (χ0n) is 7.58. The molecule has 0 heterocycles. The summed E-state index contributed by atoms with van der Waals surface area (Å²) in [5, 5.41) is 12.6. The number of anilines is 1. The van der Waals surface area contributed by atoms with Crippen LogP contribution < -0.4 is 5.32 Å². The van der Waals surface area contributed by atoms with Gasteiger partial charge < -0.3 is 5.32 Å². The number of hydrogen-bond donors (Lipinski definition) is 1. The normalized spacial score (nSPS) is 9.80. The number of carbonyl (C=O) groups is 1. The molecule has 5 nitrogen and oxygen atoms in total. The molecule has 1 aromatic rings. The summed E-state index contributed by atoms with van der Waals surface area (Å²) in [4.78, 5) is 20.3. The molecular formula is C8H6BrFN2O3. The van der Waals surface area contributed by atoms with Gasteiger partial charge in [-0.1, -0.05) is 15.9 Å². The lowest BCUT2D eigenvalue weighted by molar-refractivity contribution is -0.387. The fourth-order valence-corrected chi connectivity index (χ4v) is 1.43. The van der Waals surface area contributed by atoms with E-state index in [2.05, 4.69) is 21.2 Å². The smallest absolute Gasteiger partial charge is 0.308 e. The minimum absolute atomic E-state index is 0.219. The van der Waals surface area contributed by atoms with E-state index in [4.69, 9.17) is 0 Å². The van der Waals surface area contributed by atoms with E-state index in [-0.39, 0.29) is 5.69 Å². The second-order valence-electron chi connectivity index (χ2n) is 2.72. The summed E-state index contributed by atoms with van der Waals surface area (Å²) in [6.45, 7) is 1.19. The molecule has 1 rings (SSSR count). The molecule has 7 heteroatoms. The van der Waals surface area contributed by atoms with Crippen LogP contribution in [0.3, 0.4) is 0 Å². The minimum atomic E-state index is -1.06. The van der Waals surface area contributed by atoms with Crippen LogP contribution in [0.15, 0.2) is 16.6 Å². The average molecular weight is 277 g/mol. The minimum Gasteiger partial charge on any atom is -0.324 e. The van der Waals surface area contributed by atoms with Gasteiger partial charge in [-0.2, -0.15) is 4.39 Å². The van der Waals surface area contributed by atoms with Crippen LogP contribution in [0.5, 0.6) is 0 Å². The molecule has 0 radical (unpaired) electrons. The Bertz CT molecular complexity index is 436. The summed E-state index contributed by atoms with van der Waals surface area (Å²) in [6, 6.07) is 2.28. The SMILES string of the molecule is CC(=O)Nc1cc(Br)cc([N+](=O)[O-])c1F. The summed E-state index contributed by atoms with van der Waals surface area (Å²) in [5.74, 6) is -1.56. The van der Waals surface area contributed by atoms with Crippen LogP contribution in [0.1, 0.15) is 6.92 Å². The first-order valence-electron chi connectivity index (χ1n) is 3.83. The fourth-order valence-electron chi connectivity index (χ4n) is 0.988. The molecule has 0 aliphatic rings. The van der Waals surface area contributed by atoms with Gasteiger partial charge >= 0.3 is 5.69 Å². The maximum absolute atomic E-state index is 13.4. The fraction of sp³-hybridized carbons (Fsp3) is 0.125. The molecule has 1 N–H and O–H groups in total. The van der Waals surface area contributed by atoms with E-state index in [1.54, 1.807) is 0 Å². The summed E-state index contributed by atoms with van der Waals surface area (Å²) in [7, 11) is 0. The first-order chi connectivity index (χ1) is 6.91. The topological polar surface area (TPSA) is 72.2 Å². The van der Waals surface area contributed by atoms with Gasteiger partial charge in [0.2, 0.25) is 11.7 Å². The van der Waals surface area contributed by atoms with E-state index in [0.29, 0.717) is 4.47 Å². The van der Waals surface area contributed by atoms with Crippen molar-refractivity contribution in [1.29, 1.82) is 0 Å². The van der Waals surface area contributed by atoms with Crippen molar-refractivity contribution >= 4 is 33.2 Å². The number of halogens is 2. The molecule has 0 bridgehead atoms. The van der Waals surface area contributed by atoms with Crippen LogP contribution in [0, 0.1) is 15.9 Å². The highest BCUT2D eigenvalue weighted by Gasteiger charge is 2.19. The zero-order valence-corrected chi connectivity index (χ0v) is 9.17. The molecule has 0 atom stereocenters. The van der Waals surface area contributed by atoms with Crippen LogP contribution in [-0.2, 0) is 4.79 Å². The Morgan fingerprint density at radius 3 is 2.67 bits per heavy atom. The van der Waals surface area contributed by atoms with Crippen molar-refractivity contribution in [2.24, 2.45) is 0 Å². The van der Waals surface area contributed by atoms with Crippen LogP contribution in [0.25, 0.3) is 0 Å². The number of rotatable bonds is 2. The maximum Gasteiger partial charge on any atom is 0.308 e. The van der Waals surface area contributed by atoms with E-state index >= 15 is 0 Å². The summed E-state index contributed by atoms with van der Waals surface area (Å²) in [6.07, 6.45) is 0. The molecular weight excluding hydrogens is 271 g/mol. The lowest BCUT2D eigenvalue weighted by atomic mass is 10.2. The molecule has 15 heavy (non-hydrogen) atoms. The van der Waals surface area contributed by atoms with Gasteiger partial charge in [-0.3, -0.25) is 14.9 Å². The number of carbonyl (C=O) groups excluding carboxylic acids is 1. The Morgan fingerprint density at radius 1 is 1.60 bits per heavy atom. The number of hydrogen-bond acceptors (Lipinski definition) is 3. The van der Waals surface area contributed by atoms with E-state index < -0.39 is 22.3 Å². The van der Waals surface area contributed by atoms with E-state index in [1.165, 1.54) is 13.0 Å². The molecule has 1 amide bonds. The molecule has 0 saturated carbocycles. The lowest BCUT2D eigenvalue weighted by Crippen LogP contribution is -2.08. The highest BCUT2D eigenvalue weighted by molar-refractivity contribution is 9.10. The van der Waals surface area contributed by atoms with Crippen LogP contribution in [0.2, 0.25) is 0 Å². The van der Waals surface area contributed by atoms with Crippen molar-refractivity contribution < 1.29 is 14.1 Å². The summed E-state index contributed by atoms with van der Waals surface area (Å²) >= 11 is 2.98. The lowest BCUT2D eigenvalue weighted by Gasteiger charge is -2.04. The van der Waals surface area contributed by atoms with Gasteiger partial charge in [-0.15, -0.1) is 0 Å². The van der Waals surface area contributed by atoms with Gasteiger partial charge in [0, 0.05) is 17.5 Å². The molecule has 0 spiro atoms. The Kier molecular flexibility index (Phi) is 3.35. The third-order valence-electron chi connectivity index (χ3n) is 1.53. The van der Waals surface area contributed by atoms with Gasteiger partial charge in [0.15, 0.2) is 0 Å². The van der Waals surface area contributed by atoms with E-state index in [9.17, 15) is 19.3 Å². The maximum atomic E-state index is 13.4. The number of benzene rings is 1. The monoisotopic (exact) mass is 276 g/mol. The largest absolute Gasteiger partial charge is 0.324 e. The third kappa shape index (κ3) is 2.72. The van der Waals surface area contributed by atoms with Crippen molar-refractivity contribution in [2.45, 2.75) is 6.92 Å². The Balaban J connectivity index is 3.28. The van der Waals surface area contributed by atoms with Crippen LogP contribution in [0.4, 0.5) is 15.8 Å². The summed E-state index contributed by atoms with van der Waals surface area (Å²) < 4.78 is 13.7. The van der Waals surface area contributed by atoms with Crippen LogP contribution in [-0.4, -0.2) is 10.8 Å². The van der Waals surface area contributed by atoms with E-state index in [0.717, 1.165) is 6.07 Å². The van der Waals surface area contributed by atoms with E-state index in [1.807, 2.05) is 0 Å². The van der Waals surface area contributed by atoms with Gasteiger partial charge in [0.25, 0.3) is 0 Å². The highest BCUT2D eigenvalue weighted by atomic mass is 79.9. The Hall–Kier alpha value is -1.50. The van der Waals surface area contributed by atoms with Gasteiger partial charge in [0.1, 0.15) is 0 Å². The number of nitro benzene ring substituents is 1. The van der Waals surface area contributed by atoms with Crippen molar-refractivity contribution in [3.8, 4) is 0 Å². The predicted octanol–water partition coefficient (Wildman–Crippen LogP) is 2.45. The number of nitrogens with one attached hydrogen (secondary N) is 1. The molecule has 0 aliphatic carbocycles. The zero-order chi connectivity index (χ0) is 11.6. The Labute approximate surface area is 92.6 Å². The average Bonchev–Trinajstić information content (AvgIpc) is 2.09. The molecule has 0 aliphatic heterocycles. The molecule has 0 fully saturated rings. The molecule has 0 aromatic heterocycles. The quantitative estimate of drug-likeness (QED) is 0.666. The molecule has 0 unspecified atom stereocenters. The van der Waals surface area contributed by atoms with Crippen molar-refractivity contribution in [3.05, 3.63) is 32.5 Å². The first kappa shape index (κ1) is 11.6. The molecule has 80 valence electrons. The first-order valence-corrected chi connectivity index (χ1v) is 4.62. The number of amides is 1. The van der Waals surface area contributed by atoms with Crippen molar-refractivity contribution in [1.82, 2.24) is 0 Å². The Morgan fingerprint density at radius 2 is 2.20 bits per heavy atom. The van der Waals surface area contributed by atoms with Gasteiger partial charge in [-0.25, -0.2) is 0 Å². The second-order valence-corrected chi connectivity index (χ2v) is 3.64.